The highest BCUT2D eigenvalue weighted by molar-refractivity contribution is 6.30. The van der Waals surface area contributed by atoms with Crippen LogP contribution in [0.3, 0.4) is 0 Å². The maximum atomic E-state index is 12.8. The molecule has 0 saturated heterocycles. The second-order valence-electron chi connectivity index (χ2n) is 6.64. The summed E-state index contributed by atoms with van der Waals surface area (Å²) in [5, 5.41) is 6.05. The lowest BCUT2D eigenvalue weighted by molar-refractivity contribution is 0.616. The summed E-state index contributed by atoms with van der Waals surface area (Å²) < 4.78 is 3.55. The molecule has 3 aromatic heterocycles. The molecule has 4 aromatic rings. The third-order valence-corrected chi connectivity index (χ3v) is 5.13. The Hall–Kier alpha value is -2.66. The van der Waals surface area contributed by atoms with Crippen molar-refractivity contribution < 1.29 is 0 Å². The Bertz CT molecular complexity index is 1170. The molecule has 5 nitrogen and oxygen atoms in total. The fraction of sp³-hybridized carbons (Fsp3) is 0.286. The standard InChI is InChI=1S/C21H21ClN4O/c1-3-5-11-25-12-10-18-16(21(25)27)13-23-20-19(17(4-2)24-26(18)20)14-6-8-15(22)9-7-14/h6-10,12-13H,3-5,11H2,1-2H3. The first kappa shape index (κ1) is 17.7. The quantitative estimate of drug-likeness (QED) is 0.503. The molecule has 0 saturated carbocycles. The summed E-state index contributed by atoms with van der Waals surface area (Å²) in [5.74, 6) is 0. The highest BCUT2D eigenvalue weighted by Gasteiger charge is 2.17. The maximum absolute atomic E-state index is 12.8. The van der Waals surface area contributed by atoms with Gasteiger partial charge in [-0.15, -0.1) is 0 Å². The Labute approximate surface area is 162 Å². The summed E-state index contributed by atoms with van der Waals surface area (Å²) in [6.45, 7) is 4.91. The van der Waals surface area contributed by atoms with Crippen molar-refractivity contribution in [2.45, 2.75) is 39.7 Å². The van der Waals surface area contributed by atoms with Gasteiger partial charge in [0.15, 0.2) is 5.65 Å². The number of hydrogen-bond donors (Lipinski definition) is 0. The first-order valence-corrected chi connectivity index (χ1v) is 9.67. The van der Waals surface area contributed by atoms with Gasteiger partial charge in [-0.05, 0) is 36.6 Å². The van der Waals surface area contributed by atoms with E-state index >= 15 is 0 Å². The average Bonchev–Trinajstić information content (AvgIpc) is 3.07. The number of unbranched alkanes of at least 4 members (excludes halogenated alkanes) is 1. The Morgan fingerprint density at radius 3 is 2.59 bits per heavy atom. The van der Waals surface area contributed by atoms with Crippen LogP contribution in [0.15, 0.2) is 47.5 Å². The highest BCUT2D eigenvalue weighted by atomic mass is 35.5. The smallest absolute Gasteiger partial charge is 0.261 e. The fourth-order valence-electron chi connectivity index (χ4n) is 3.42. The van der Waals surface area contributed by atoms with E-state index in [-0.39, 0.29) is 5.56 Å². The second-order valence-corrected chi connectivity index (χ2v) is 7.08. The number of nitrogens with zero attached hydrogens (tertiary/aromatic N) is 4. The molecule has 0 radical (unpaired) electrons. The maximum Gasteiger partial charge on any atom is 0.261 e. The zero-order chi connectivity index (χ0) is 19.0. The van der Waals surface area contributed by atoms with E-state index in [4.69, 9.17) is 16.7 Å². The van der Waals surface area contributed by atoms with Crippen molar-refractivity contribution in [3.8, 4) is 11.1 Å². The molecular formula is C21H21ClN4O. The zero-order valence-corrected chi connectivity index (χ0v) is 16.2. The number of pyridine rings is 1. The van der Waals surface area contributed by atoms with Crippen LogP contribution in [0.5, 0.6) is 0 Å². The van der Waals surface area contributed by atoms with E-state index in [1.807, 2.05) is 36.5 Å². The summed E-state index contributed by atoms with van der Waals surface area (Å²) >= 11 is 6.04. The van der Waals surface area contributed by atoms with Crippen molar-refractivity contribution >= 4 is 28.2 Å². The minimum atomic E-state index is -0.0167. The van der Waals surface area contributed by atoms with Crippen LogP contribution >= 0.6 is 11.6 Å². The van der Waals surface area contributed by atoms with Gasteiger partial charge in [0, 0.05) is 29.5 Å². The van der Waals surface area contributed by atoms with Gasteiger partial charge in [0.25, 0.3) is 5.56 Å². The van der Waals surface area contributed by atoms with E-state index < -0.39 is 0 Å². The lowest BCUT2D eigenvalue weighted by atomic mass is 10.0. The van der Waals surface area contributed by atoms with Gasteiger partial charge >= 0.3 is 0 Å². The minimum absolute atomic E-state index is 0.0167. The summed E-state index contributed by atoms with van der Waals surface area (Å²) in [6.07, 6.45) is 6.33. The molecule has 3 heterocycles. The van der Waals surface area contributed by atoms with E-state index in [2.05, 4.69) is 18.8 Å². The topological polar surface area (TPSA) is 52.2 Å². The van der Waals surface area contributed by atoms with Crippen molar-refractivity contribution in [3.05, 3.63) is 63.8 Å². The SMILES string of the molecule is CCCCn1ccc2c(cnc3c(-c4ccc(Cl)cc4)c(CC)nn32)c1=O. The summed E-state index contributed by atoms with van der Waals surface area (Å²) in [7, 11) is 0. The largest absolute Gasteiger partial charge is 0.315 e. The van der Waals surface area contributed by atoms with Crippen LogP contribution in [-0.4, -0.2) is 19.2 Å². The third-order valence-electron chi connectivity index (χ3n) is 4.88. The van der Waals surface area contributed by atoms with E-state index in [0.29, 0.717) is 10.4 Å². The predicted octanol–water partition coefficient (Wildman–Crippen LogP) is 4.73. The molecule has 0 aliphatic rings. The molecule has 0 aliphatic heterocycles. The second kappa shape index (κ2) is 7.16. The normalized spacial score (nSPS) is 11.5. The lowest BCUT2D eigenvalue weighted by Gasteiger charge is -2.07. The highest BCUT2D eigenvalue weighted by Crippen LogP contribution is 2.30. The average molecular weight is 381 g/mol. The van der Waals surface area contributed by atoms with Gasteiger partial charge in [-0.2, -0.15) is 5.10 Å². The van der Waals surface area contributed by atoms with Crippen LogP contribution in [0.25, 0.3) is 27.7 Å². The first-order chi connectivity index (χ1) is 13.1. The van der Waals surface area contributed by atoms with E-state index in [1.54, 1.807) is 15.3 Å². The molecular weight excluding hydrogens is 360 g/mol. The molecule has 27 heavy (non-hydrogen) atoms. The Morgan fingerprint density at radius 1 is 1.11 bits per heavy atom. The van der Waals surface area contributed by atoms with Crippen molar-refractivity contribution in [3.63, 3.8) is 0 Å². The monoisotopic (exact) mass is 380 g/mol. The van der Waals surface area contributed by atoms with Gasteiger partial charge in [-0.1, -0.05) is 44.0 Å². The van der Waals surface area contributed by atoms with Gasteiger partial charge in [0.1, 0.15) is 0 Å². The number of benzene rings is 1. The predicted molar refractivity (Wildman–Crippen MR) is 109 cm³/mol. The van der Waals surface area contributed by atoms with Gasteiger partial charge in [-0.3, -0.25) is 4.79 Å². The summed E-state index contributed by atoms with van der Waals surface area (Å²) in [4.78, 5) is 17.4. The summed E-state index contributed by atoms with van der Waals surface area (Å²) in [5.41, 5.74) is 4.49. The molecule has 1 aromatic carbocycles. The molecule has 138 valence electrons. The molecule has 0 atom stereocenters. The van der Waals surface area contributed by atoms with Crippen molar-refractivity contribution in [1.82, 2.24) is 19.2 Å². The number of fused-ring (bicyclic) bond motifs is 3. The van der Waals surface area contributed by atoms with Crippen LogP contribution < -0.4 is 5.56 Å². The molecule has 0 fully saturated rings. The van der Waals surface area contributed by atoms with Crippen LogP contribution in [0.2, 0.25) is 5.02 Å². The van der Waals surface area contributed by atoms with Gasteiger partial charge < -0.3 is 4.57 Å². The Morgan fingerprint density at radius 2 is 1.89 bits per heavy atom. The molecule has 0 bridgehead atoms. The number of hydrogen-bond acceptors (Lipinski definition) is 3. The lowest BCUT2D eigenvalue weighted by Crippen LogP contribution is -2.20. The van der Waals surface area contributed by atoms with Crippen molar-refractivity contribution in [2.24, 2.45) is 0 Å². The van der Waals surface area contributed by atoms with E-state index in [1.165, 1.54) is 0 Å². The fourth-order valence-corrected chi connectivity index (χ4v) is 3.54. The Balaban J connectivity index is 1.97. The summed E-state index contributed by atoms with van der Waals surface area (Å²) in [6, 6.07) is 9.65. The van der Waals surface area contributed by atoms with Gasteiger partial charge in [-0.25, -0.2) is 9.50 Å². The number of halogens is 1. The van der Waals surface area contributed by atoms with Crippen LogP contribution in [-0.2, 0) is 13.0 Å². The molecule has 0 spiro atoms. The number of aromatic nitrogens is 4. The molecule has 0 aliphatic carbocycles. The molecule has 0 amide bonds. The molecule has 0 unspecified atom stereocenters. The van der Waals surface area contributed by atoms with Crippen LogP contribution in [0, 0.1) is 0 Å². The van der Waals surface area contributed by atoms with Crippen molar-refractivity contribution in [2.75, 3.05) is 0 Å². The van der Waals surface area contributed by atoms with Gasteiger partial charge in [0.05, 0.1) is 16.6 Å². The third kappa shape index (κ3) is 3.02. The molecule has 0 N–H and O–H groups in total. The minimum Gasteiger partial charge on any atom is -0.315 e. The van der Waals surface area contributed by atoms with E-state index in [9.17, 15) is 4.79 Å². The zero-order valence-electron chi connectivity index (χ0n) is 15.4. The molecule has 6 heteroatoms. The van der Waals surface area contributed by atoms with Gasteiger partial charge in [0.2, 0.25) is 0 Å². The number of rotatable bonds is 5. The molecule has 4 rings (SSSR count). The van der Waals surface area contributed by atoms with Crippen molar-refractivity contribution in [1.29, 1.82) is 0 Å². The first-order valence-electron chi connectivity index (χ1n) is 9.29. The van der Waals surface area contributed by atoms with Crippen LogP contribution in [0.1, 0.15) is 32.4 Å². The van der Waals surface area contributed by atoms with E-state index in [0.717, 1.165) is 53.8 Å². The van der Waals surface area contributed by atoms with Crippen LogP contribution in [0.4, 0.5) is 0 Å². The number of aryl methyl sites for hydroxylation is 2. The Kier molecular flexibility index (Phi) is 4.70.